The molecule has 100 valence electrons. The van der Waals surface area contributed by atoms with E-state index in [0.29, 0.717) is 5.88 Å². The summed E-state index contributed by atoms with van der Waals surface area (Å²) in [7, 11) is 0. The van der Waals surface area contributed by atoms with Crippen LogP contribution in [0.2, 0.25) is 0 Å². The molecule has 0 aliphatic carbocycles. The van der Waals surface area contributed by atoms with E-state index in [-0.39, 0.29) is 12.1 Å². The molecular weight excluding hydrogens is 264 g/mol. The largest absolute Gasteiger partial charge is 0.338 e. The van der Waals surface area contributed by atoms with E-state index in [9.17, 15) is 4.79 Å². The Balaban J connectivity index is 1.72. The minimum Gasteiger partial charge on any atom is -0.338 e. The lowest BCUT2D eigenvalue weighted by molar-refractivity contribution is 0.206. The van der Waals surface area contributed by atoms with Gasteiger partial charge in [-0.25, -0.2) is 9.78 Å². The summed E-state index contributed by atoms with van der Waals surface area (Å²) in [6.45, 7) is 2.55. The molecule has 1 N–H and O–H groups in total. The van der Waals surface area contributed by atoms with Crippen LogP contribution in [0.3, 0.4) is 0 Å². The van der Waals surface area contributed by atoms with Crippen molar-refractivity contribution in [1.82, 2.24) is 15.0 Å². The molecular formula is C12H14N4O2S. The summed E-state index contributed by atoms with van der Waals surface area (Å²) in [5.41, 5.74) is 0.744. The van der Waals surface area contributed by atoms with Crippen molar-refractivity contribution in [3.63, 3.8) is 0 Å². The molecule has 1 aliphatic heterocycles. The highest BCUT2D eigenvalue weighted by Gasteiger charge is 2.32. The second-order valence-corrected chi connectivity index (χ2v) is 5.41. The molecule has 6 nitrogen and oxygen atoms in total. The van der Waals surface area contributed by atoms with E-state index in [0.717, 1.165) is 30.1 Å². The van der Waals surface area contributed by atoms with Gasteiger partial charge in [0, 0.05) is 24.2 Å². The van der Waals surface area contributed by atoms with E-state index < -0.39 is 0 Å². The Hall–Kier alpha value is -1.89. The zero-order chi connectivity index (χ0) is 13.2. The number of urea groups is 1. The molecule has 19 heavy (non-hydrogen) atoms. The van der Waals surface area contributed by atoms with Gasteiger partial charge in [-0.2, -0.15) is 0 Å². The Bertz CT molecular complexity index is 566. The maximum absolute atomic E-state index is 12.2. The summed E-state index contributed by atoms with van der Waals surface area (Å²) in [6, 6.07) is 1.62. The van der Waals surface area contributed by atoms with Crippen molar-refractivity contribution in [2.45, 2.75) is 25.8 Å². The van der Waals surface area contributed by atoms with Gasteiger partial charge >= 0.3 is 6.03 Å². The van der Waals surface area contributed by atoms with Crippen molar-refractivity contribution in [2.75, 3.05) is 11.9 Å². The van der Waals surface area contributed by atoms with Crippen molar-refractivity contribution in [1.29, 1.82) is 0 Å². The van der Waals surface area contributed by atoms with Gasteiger partial charge in [-0.1, -0.05) is 5.16 Å². The number of carbonyl (C=O) groups is 1. The fourth-order valence-electron chi connectivity index (χ4n) is 2.27. The van der Waals surface area contributed by atoms with E-state index in [2.05, 4.69) is 15.5 Å². The van der Waals surface area contributed by atoms with Crippen molar-refractivity contribution < 1.29 is 9.32 Å². The van der Waals surface area contributed by atoms with Crippen LogP contribution in [0.25, 0.3) is 0 Å². The number of amides is 2. The molecule has 3 rings (SSSR count). The zero-order valence-electron chi connectivity index (χ0n) is 10.5. The van der Waals surface area contributed by atoms with Crippen LogP contribution in [0.15, 0.2) is 22.2 Å². The molecule has 2 aromatic rings. The Labute approximate surface area is 114 Å². The maximum atomic E-state index is 12.2. The zero-order valence-corrected chi connectivity index (χ0v) is 11.3. The van der Waals surface area contributed by atoms with Gasteiger partial charge in [0.25, 0.3) is 0 Å². The van der Waals surface area contributed by atoms with Gasteiger partial charge in [0.05, 0.1) is 11.7 Å². The SMILES string of the molecule is Cc1cc(NC(=O)N2CCCC2c2nccs2)on1. The number of nitrogens with zero attached hydrogens (tertiary/aromatic N) is 3. The lowest BCUT2D eigenvalue weighted by Gasteiger charge is -2.22. The first-order valence-corrected chi connectivity index (χ1v) is 7.02. The minimum absolute atomic E-state index is 0.0732. The number of likely N-dealkylation sites (tertiary alicyclic amines) is 1. The number of anilines is 1. The minimum atomic E-state index is -0.158. The Kier molecular flexibility index (Phi) is 3.20. The first-order chi connectivity index (χ1) is 9.24. The quantitative estimate of drug-likeness (QED) is 0.917. The number of hydrogen-bond donors (Lipinski definition) is 1. The molecule has 0 radical (unpaired) electrons. The molecule has 1 fully saturated rings. The van der Waals surface area contributed by atoms with E-state index in [1.165, 1.54) is 0 Å². The molecule has 0 spiro atoms. The summed E-state index contributed by atoms with van der Waals surface area (Å²) in [6.07, 6.45) is 3.72. The first kappa shape index (κ1) is 12.2. The maximum Gasteiger partial charge on any atom is 0.324 e. The fourth-order valence-corrected chi connectivity index (χ4v) is 3.05. The monoisotopic (exact) mass is 278 g/mol. The Morgan fingerprint density at radius 1 is 1.63 bits per heavy atom. The molecule has 2 aromatic heterocycles. The summed E-state index contributed by atoms with van der Waals surface area (Å²) < 4.78 is 5.00. The van der Waals surface area contributed by atoms with Gasteiger partial charge in [0.15, 0.2) is 0 Å². The van der Waals surface area contributed by atoms with Crippen LogP contribution in [-0.2, 0) is 0 Å². The average Bonchev–Trinajstić information content (AvgIpc) is 3.07. The van der Waals surface area contributed by atoms with Crippen molar-refractivity contribution in [3.05, 3.63) is 28.3 Å². The van der Waals surface area contributed by atoms with Crippen LogP contribution in [0, 0.1) is 6.92 Å². The van der Waals surface area contributed by atoms with Gasteiger partial charge in [-0.15, -0.1) is 11.3 Å². The summed E-state index contributed by atoms with van der Waals surface area (Å²) in [5.74, 6) is 0.382. The summed E-state index contributed by atoms with van der Waals surface area (Å²) >= 11 is 1.58. The molecule has 0 aromatic carbocycles. The number of aryl methyl sites for hydroxylation is 1. The molecule has 1 atom stereocenters. The molecule has 1 saturated heterocycles. The van der Waals surface area contributed by atoms with Gasteiger partial charge in [0.2, 0.25) is 5.88 Å². The predicted molar refractivity (Wildman–Crippen MR) is 71.1 cm³/mol. The van der Waals surface area contributed by atoms with Gasteiger partial charge in [-0.3, -0.25) is 5.32 Å². The molecule has 2 amide bonds. The third-order valence-corrected chi connectivity index (χ3v) is 3.99. The van der Waals surface area contributed by atoms with Crippen molar-refractivity contribution >= 4 is 23.3 Å². The highest BCUT2D eigenvalue weighted by Crippen LogP contribution is 2.33. The highest BCUT2D eigenvalue weighted by molar-refractivity contribution is 7.09. The lowest BCUT2D eigenvalue weighted by atomic mass is 10.2. The van der Waals surface area contributed by atoms with Crippen LogP contribution in [0.5, 0.6) is 0 Å². The van der Waals surface area contributed by atoms with Gasteiger partial charge in [0.1, 0.15) is 5.01 Å². The van der Waals surface area contributed by atoms with E-state index in [1.807, 2.05) is 12.3 Å². The molecule has 1 aliphatic rings. The molecule has 7 heteroatoms. The second kappa shape index (κ2) is 5.00. The fraction of sp³-hybridized carbons (Fsp3) is 0.417. The van der Waals surface area contributed by atoms with Gasteiger partial charge < -0.3 is 9.42 Å². The van der Waals surface area contributed by atoms with Crippen LogP contribution < -0.4 is 5.32 Å². The molecule has 0 bridgehead atoms. The molecule has 1 unspecified atom stereocenters. The third-order valence-electron chi connectivity index (χ3n) is 3.11. The van der Waals surface area contributed by atoms with E-state index in [4.69, 9.17) is 4.52 Å². The first-order valence-electron chi connectivity index (χ1n) is 6.14. The van der Waals surface area contributed by atoms with Crippen LogP contribution in [0.1, 0.15) is 29.6 Å². The Morgan fingerprint density at radius 3 is 3.21 bits per heavy atom. The van der Waals surface area contributed by atoms with Crippen molar-refractivity contribution in [2.24, 2.45) is 0 Å². The average molecular weight is 278 g/mol. The van der Waals surface area contributed by atoms with Crippen LogP contribution >= 0.6 is 11.3 Å². The predicted octanol–water partition coefficient (Wildman–Crippen LogP) is 2.81. The topological polar surface area (TPSA) is 71.3 Å². The number of nitrogens with one attached hydrogen (secondary N) is 1. The molecule has 0 saturated carbocycles. The standard InChI is InChI=1S/C12H14N4O2S/c1-8-7-10(18-15-8)14-12(17)16-5-2-3-9(16)11-13-4-6-19-11/h4,6-7,9H,2-3,5H2,1H3,(H,14,17). The van der Waals surface area contributed by atoms with Crippen molar-refractivity contribution in [3.8, 4) is 0 Å². The summed E-state index contributed by atoms with van der Waals surface area (Å²) in [5, 5.41) is 9.40. The van der Waals surface area contributed by atoms with E-state index >= 15 is 0 Å². The second-order valence-electron chi connectivity index (χ2n) is 4.48. The Morgan fingerprint density at radius 2 is 2.53 bits per heavy atom. The van der Waals surface area contributed by atoms with Crippen LogP contribution in [-0.4, -0.2) is 27.6 Å². The lowest BCUT2D eigenvalue weighted by Crippen LogP contribution is -2.34. The number of carbonyl (C=O) groups excluding carboxylic acids is 1. The number of hydrogen-bond acceptors (Lipinski definition) is 5. The number of thiazole rings is 1. The molecule has 3 heterocycles. The smallest absolute Gasteiger partial charge is 0.324 e. The van der Waals surface area contributed by atoms with Crippen LogP contribution in [0.4, 0.5) is 10.7 Å². The number of rotatable bonds is 2. The van der Waals surface area contributed by atoms with Gasteiger partial charge in [-0.05, 0) is 19.8 Å². The number of aromatic nitrogens is 2. The summed E-state index contributed by atoms with van der Waals surface area (Å²) in [4.78, 5) is 18.3. The third kappa shape index (κ3) is 2.46. The highest BCUT2D eigenvalue weighted by atomic mass is 32.1. The van der Waals surface area contributed by atoms with E-state index in [1.54, 1.807) is 28.5 Å². The normalized spacial score (nSPS) is 18.8.